The molecule has 6 nitrogen and oxygen atoms in total. The van der Waals surface area contributed by atoms with Crippen molar-refractivity contribution < 1.29 is 14.3 Å². The number of thiocarbonyl (C=S) groups is 1. The number of ether oxygens (including phenoxy) is 1. The van der Waals surface area contributed by atoms with Crippen molar-refractivity contribution in [2.75, 3.05) is 11.9 Å². The highest BCUT2D eigenvalue weighted by molar-refractivity contribution is 7.80. The van der Waals surface area contributed by atoms with E-state index in [1.165, 1.54) is 0 Å². The van der Waals surface area contributed by atoms with E-state index in [9.17, 15) is 9.59 Å². The first-order valence-corrected chi connectivity index (χ1v) is 10.1. The number of carbonyl (C=O) groups is 2. The van der Waals surface area contributed by atoms with Crippen molar-refractivity contribution in [1.29, 1.82) is 0 Å². The lowest BCUT2D eigenvalue weighted by Crippen LogP contribution is -2.34. The van der Waals surface area contributed by atoms with Crippen molar-refractivity contribution in [2.45, 2.75) is 39.7 Å². The predicted octanol–water partition coefficient (Wildman–Crippen LogP) is 4.13. The highest BCUT2D eigenvalue weighted by Gasteiger charge is 2.11. The van der Waals surface area contributed by atoms with Crippen LogP contribution in [0.1, 0.15) is 54.3 Å². The maximum absolute atomic E-state index is 12.4. The summed E-state index contributed by atoms with van der Waals surface area (Å²) in [5.74, 6) is 0.198. The number of hydrogen-bond donors (Lipinski definition) is 3. The van der Waals surface area contributed by atoms with Gasteiger partial charge in [-0.1, -0.05) is 19.9 Å². The Labute approximate surface area is 177 Å². The van der Waals surface area contributed by atoms with Crippen molar-refractivity contribution in [3.63, 3.8) is 0 Å². The summed E-state index contributed by atoms with van der Waals surface area (Å²) >= 11 is 5.22. The third-order valence-electron chi connectivity index (χ3n) is 4.18. The van der Waals surface area contributed by atoms with Crippen LogP contribution in [0.25, 0.3) is 0 Å². The number of carbonyl (C=O) groups excluding carboxylic acids is 2. The second kappa shape index (κ2) is 11.2. The topological polar surface area (TPSA) is 79.5 Å². The van der Waals surface area contributed by atoms with Crippen LogP contribution >= 0.6 is 12.2 Å². The molecule has 0 aliphatic carbocycles. The van der Waals surface area contributed by atoms with Gasteiger partial charge in [0.05, 0.1) is 6.10 Å². The van der Waals surface area contributed by atoms with Crippen LogP contribution in [0.2, 0.25) is 0 Å². The normalized spacial score (nSPS) is 11.3. The molecular formula is C22H27N3O3S. The Morgan fingerprint density at radius 1 is 1.03 bits per heavy atom. The van der Waals surface area contributed by atoms with E-state index in [1.54, 1.807) is 42.5 Å². The van der Waals surface area contributed by atoms with Gasteiger partial charge in [-0.2, -0.15) is 0 Å². The fraction of sp³-hybridized carbons (Fsp3) is 0.318. The molecule has 0 aliphatic heterocycles. The van der Waals surface area contributed by atoms with E-state index in [4.69, 9.17) is 17.0 Å². The van der Waals surface area contributed by atoms with E-state index in [-0.39, 0.29) is 23.0 Å². The van der Waals surface area contributed by atoms with Crippen LogP contribution in [0.5, 0.6) is 5.75 Å². The van der Waals surface area contributed by atoms with Crippen molar-refractivity contribution in [2.24, 2.45) is 0 Å². The average molecular weight is 414 g/mol. The number of anilines is 1. The third-order valence-corrected chi connectivity index (χ3v) is 4.38. The summed E-state index contributed by atoms with van der Waals surface area (Å²) in [4.78, 5) is 24.4. The van der Waals surface area contributed by atoms with Crippen LogP contribution in [0.15, 0.2) is 48.5 Å². The standard InChI is InChI=1S/C22H27N3O3S/c1-4-13-23-20(26)16-9-11-18(12-10-16)24-22(29)25-21(27)17-7-6-8-19(14-17)28-15(3)5-2/h6-12,14-15H,4-5,13H2,1-3H3,(H,23,26)(H2,24,25,27,29). The lowest BCUT2D eigenvalue weighted by Gasteiger charge is -2.14. The van der Waals surface area contributed by atoms with Gasteiger partial charge in [0, 0.05) is 23.4 Å². The second-order valence-corrected chi connectivity index (χ2v) is 7.01. The van der Waals surface area contributed by atoms with E-state index >= 15 is 0 Å². The first-order valence-electron chi connectivity index (χ1n) is 9.70. The summed E-state index contributed by atoms with van der Waals surface area (Å²) < 4.78 is 5.75. The number of amides is 2. The largest absolute Gasteiger partial charge is 0.491 e. The summed E-state index contributed by atoms with van der Waals surface area (Å²) in [5, 5.41) is 8.59. The number of hydrogen-bond acceptors (Lipinski definition) is 4. The first kappa shape index (κ1) is 22.4. The molecule has 0 saturated carbocycles. The van der Waals surface area contributed by atoms with E-state index in [0.29, 0.717) is 29.1 Å². The van der Waals surface area contributed by atoms with Crippen molar-refractivity contribution in [1.82, 2.24) is 10.6 Å². The van der Waals surface area contributed by atoms with Crippen LogP contribution < -0.4 is 20.7 Å². The molecule has 0 heterocycles. The Morgan fingerprint density at radius 3 is 2.41 bits per heavy atom. The second-order valence-electron chi connectivity index (χ2n) is 6.61. The summed E-state index contributed by atoms with van der Waals surface area (Å²) in [7, 11) is 0. The van der Waals surface area contributed by atoms with Gasteiger partial charge in [0.15, 0.2) is 5.11 Å². The molecule has 0 aliphatic rings. The molecule has 0 radical (unpaired) electrons. The quantitative estimate of drug-likeness (QED) is 0.567. The third kappa shape index (κ3) is 7.19. The fourth-order valence-electron chi connectivity index (χ4n) is 2.41. The average Bonchev–Trinajstić information content (AvgIpc) is 2.72. The number of benzene rings is 2. The van der Waals surface area contributed by atoms with Crippen LogP contribution in [0.3, 0.4) is 0 Å². The summed E-state index contributed by atoms with van der Waals surface area (Å²) in [5.41, 5.74) is 1.70. The van der Waals surface area contributed by atoms with Crippen LogP contribution in [-0.2, 0) is 0 Å². The molecule has 0 spiro atoms. The molecule has 0 saturated heterocycles. The first-order chi connectivity index (χ1) is 13.9. The van der Waals surface area contributed by atoms with Gasteiger partial charge < -0.3 is 15.4 Å². The maximum atomic E-state index is 12.4. The van der Waals surface area contributed by atoms with Crippen molar-refractivity contribution >= 4 is 34.8 Å². The molecule has 3 N–H and O–H groups in total. The predicted molar refractivity (Wildman–Crippen MR) is 120 cm³/mol. The Hall–Kier alpha value is -2.93. The lowest BCUT2D eigenvalue weighted by molar-refractivity contribution is 0.0951. The Bertz CT molecular complexity index is 853. The number of rotatable bonds is 8. The molecule has 154 valence electrons. The van der Waals surface area contributed by atoms with Gasteiger partial charge in [0.25, 0.3) is 11.8 Å². The molecule has 2 aromatic carbocycles. The van der Waals surface area contributed by atoms with Gasteiger partial charge in [0.1, 0.15) is 5.75 Å². The zero-order valence-electron chi connectivity index (χ0n) is 17.0. The molecule has 0 fully saturated rings. The Balaban J connectivity index is 1.92. The van der Waals surface area contributed by atoms with Gasteiger partial charge in [0.2, 0.25) is 0 Å². The van der Waals surface area contributed by atoms with Gasteiger partial charge in [-0.25, -0.2) is 0 Å². The zero-order chi connectivity index (χ0) is 21.2. The lowest BCUT2D eigenvalue weighted by atomic mass is 10.2. The highest BCUT2D eigenvalue weighted by atomic mass is 32.1. The molecule has 1 unspecified atom stereocenters. The van der Waals surface area contributed by atoms with Crippen molar-refractivity contribution in [3.05, 3.63) is 59.7 Å². The molecule has 7 heteroatoms. The summed E-state index contributed by atoms with van der Waals surface area (Å²) in [6, 6.07) is 13.9. The molecule has 2 aromatic rings. The van der Waals surface area contributed by atoms with Crippen LogP contribution in [0, 0.1) is 0 Å². The molecule has 0 aromatic heterocycles. The minimum Gasteiger partial charge on any atom is -0.491 e. The van der Waals surface area contributed by atoms with Crippen LogP contribution in [-0.4, -0.2) is 29.6 Å². The monoisotopic (exact) mass is 413 g/mol. The van der Waals surface area contributed by atoms with Gasteiger partial charge in [-0.05, 0) is 74.4 Å². The minimum atomic E-state index is -0.326. The SMILES string of the molecule is CCCNC(=O)c1ccc(NC(=S)NC(=O)c2cccc(OC(C)CC)c2)cc1. The molecular weight excluding hydrogens is 386 g/mol. The van der Waals surface area contributed by atoms with E-state index in [2.05, 4.69) is 16.0 Å². The van der Waals surface area contributed by atoms with Gasteiger partial charge in [-0.3, -0.25) is 14.9 Å². The summed E-state index contributed by atoms with van der Waals surface area (Å²) in [6.07, 6.45) is 1.83. The number of nitrogens with one attached hydrogen (secondary N) is 3. The van der Waals surface area contributed by atoms with E-state index < -0.39 is 0 Å². The molecule has 2 amide bonds. The molecule has 29 heavy (non-hydrogen) atoms. The maximum Gasteiger partial charge on any atom is 0.257 e. The summed E-state index contributed by atoms with van der Waals surface area (Å²) in [6.45, 7) is 6.65. The zero-order valence-corrected chi connectivity index (χ0v) is 17.8. The fourth-order valence-corrected chi connectivity index (χ4v) is 2.62. The Kier molecular flexibility index (Phi) is 8.61. The van der Waals surface area contributed by atoms with E-state index in [1.807, 2.05) is 26.8 Å². The highest BCUT2D eigenvalue weighted by Crippen LogP contribution is 2.16. The van der Waals surface area contributed by atoms with Gasteiger partial charge >= 0.3 is 0 Å². The van der Waals surface area contributed by atoms with Gasteiger partial charge in [-0.15, -0.1) is 0 Å². The van der Waals surface area contributed by atoms with Crippen molar-refractivity contribution in [3.8, 4) is 5.75 Å². The molecule has 1 atom stereocenters. The smallest absolute Gasteiger partial charge is 0.257 e. The van der Waals surface area contributed by atoms with E-state index in [0.717, 1.165) is 12.8 Å². The Morgan fingerprint density at radius 2 is 1.76 bits per heavy atom. The minimum absolute atomic E-state index is 0.0723. The van der Waals surface area contributed by atoms with Crippen LogP contribution in [0.4, 0.5) is 5.69 Å². The molecule has 0 bridgehead atoms. The molecule has 2 rings (SSSR count).